The van der Waals surface area contributed by atoms with Gasteiger partial charge in [-0.15, -0.1) is 0 Å². The normalized spacial score (nSPS) is 44.7. The van der Waals surface area contributed by atoms with Crippen LogP contribution in [-0.4, -0.2) is 60.1 Å². The highest BCUT2D eigenvalue weighted by Crippen LogP contribution is 2.41. The number of carbonyl (C=O) groups is 1. The van der Waals surface area contributed by atoms with E-state index in [2.05, 4.69) is 4.90 Å². The van der Waals surface area contributed by atoms with Gasteiger partial charge >= 0.3 is 0 Å². The average molecular weight is 196 g/mol. The average Bonchev–Trinajstić information content (AvgIpc) is 2.70. The molecule has 78 valence electrons. The van der Waals surface area contributed by atoms with Gasteiger partial charge in [0.25, 0.3) is 0 Å². The molecule has 0 N–H and O–H groups in total. The van der Waals surface area contributed by atoms with E-state index in [1.165, 1.54) is 0 Å². The van der Waals surface area contributed by atoms with Crippen LogP contribution in [0, 0.1) is 0 Å². The molecule has 0 unspecified atom stereocenters. The van der Waals surface area contributed by atoms with Crippen LogP contribution in [0.1, 0.15) is 13.3 Å². The first kappa shape index (κ1) is 8.68. The number of rotatable bonds is 1. The zero-order chi connectivity index (χ0) is 9.87. The van der Waals surface area contributed by atoms with Crippen LogP contribution >= 0.6 is 0 Å². The Morgan fingerprint density at radius 3 is 2.93 bits per heavy atom. The van der Waals surface area contributed by atoms with Crippen LogP contribution in [0.25, 0.3) is 0 Å². The molecule has 0 radical (unpaired) electrons. The second-order valence-corrected chi connectivity index (χ2v) is 4.61. The second-order valence-electron chi connectivity index (χ2n) is 4.61. The molecule has 2 bridgehead atoms. The van der Waals surface area contributed by atoms with E-state index in [1.807, 2.05) is 11.9 Å². The van der Waals surface area contributed by atoms with Crippen molar-refractivity contribution in [3.63, 3.8) is 0 Å². The molecule has 3 rings (SSSR count). The van der Waals surface area contributed by atoms with Gasteiger partial charge in [0.15, 0.2) is 0 Å². The van der Waals surface area contributed by atoms with E-state index in [0.29, 0.717) is 18.2 Å². The lowest BCUT2D eigenvalue weighted by Gasteiger charge is -2.26. The molecule has 3 heterocycles. The lowest BCUT2D eigenvalue weighted by molar-refractivity contribution is -0.130. The minimum Gasteiger partial charge on any atom is -0.370 e. The second kappa shape index (κ2) is 2.70. The van der Waals surface area contributed by atoms with Gasteiger partial charge in [0.05, 0.1) is 24.3 Å². The summed E-state index contributed by atoms with van der Waals surface area (Å²) in [7, 11) is 1.90. The topological polar surface area (TPSA) is 32.8 Å². The molecular formula is C10H16N2O2. The monoisotopic (exact) mass is 196 g/mol. The van der Waals surface area contributed by atoms with E-state index in [9.17, 15) is 4.79 Å². The fourth-order valence-electron chi connectivity index (χ4n) is 3.24. The first-order chi connectivity index (χ1) is 6.68. The van der Waals surface area contributed by atoms with Gasteiger partial charge in [-0.2, -0.15) is 0 Å². The van der Waals surface area contributed by atoms with Crippen molar-refractivity contribution in [1.82, 2.24) is 9.80 Å². The quantitative estimate of drug-likeness (QED) is 0.576. The van der Waals surface area contributed by atoms with E-state index in [4.69, 9.17) is 4.74 Å². The van der Waals surface area contributed by atoms with Crippen molar-refractivity contribution in [3.05, 3.63) is 0 Å². The van der Waals surface area contributed by atoms with Crippen LogP contribution in [-0.2, 0) is 9.53 Å². The molecule has 3 saturated heterocycles. The third-order valence-electron chi connectivity index (χ3n) is 3.94. The minimum absolute atomic E-state index is 0.151. The van der Waals surface area contributed by atoms with Crippen molar-refractivity contribution in [2.45, 2.75) is 37.6 Å². The van der Waals surface area contributed by atoms with Crippen LogP contribution in [0.2, 0.25) is 0 Å². The van der Waals surface area contributed by atoms with Gasteiger partial charge in [-0.05, 0) is 6.42 Å². The molecule has 0 aromatic carbocycles. The number of hydrogen-bond acceptors (Lipinski definition) is 3. The molecule has 0 saturated carbocycles. The summed E-state index contributed by atoms with van der Waals surface area (Å²) in [5.41, 5.74) is 0. The summed E-state index contributed by atoms with van der Waals surface area (Å²) in [6.07, 6.45) is 1.80. The summed E-state index contributed by atoms with van der Waals surface area (Å²) < 4.78 is 5.90. The predicted molar refractivity (Wildman–Crippen MR) is 50.9 cm³/mol. The highest BCUT2D eigenvalue weighted by Gasteiger charge is 2.58. The van der Waals surface area contributed by atoms with Gasteiger partial charge in [-0.1, -0.05) is 0 Å². The van der Waals surface area contributed by atoms with Crippen LogP contribution in [0.15, 0.2) is 0 Å². The Morgan fingerprint density at radius 2 is 2.29 bits per heavy atom. The van der Waals surface area contributed by atoms with E-state index in [1.54, 1.807) is 6.92 Å². The number of nitrogens with zero attached hydrogens (tertiary/aromatic N) is 2. The Hall–Kier alpha value is -0.610. The van der Waals surface area contributed by atoms with Gasteiger partial charge in [0.1, 0.15) is 0 Å². The Balaban J connectivity index is 1.87. The van der Waals surface area contributed by atoms with Crippen molar-refractivity contribution in [1.29, 1.82) is 0 Å². The van der Waals surface area contributed by atoms with Gasteiger partial charge in [0.2, 0.25) is 5.91 Å². The van der Waals surface area contributed by atoms with Gasteiger partial charge < -0.3 is 9.64 Å². The summed E-state index contributed by atoms with van der Waals surface area (Å²) >= 11 is 0. The molecular weight excluding hydrogens is 180 g/mol. The Morgan fingerprint density at radius 1 is 1.50 bits per heavy atom. The van der Waals surface area contributed by atoms with Crippen molar-refractivity contribution in [3.8, 4) is 0 Å². The lowest BCUT2D eigenvalue weighted by atomic mass is 10.1. The third kappa shape index (κ3) is 0.929. The maximum absolute atomic E-state index is 11.3. The largest absolute Gasteiger partial charge is 0.370 e. The van der Waals surface area contributed by atoms with E-state index in [-0.39, 0.29) is 12.0 Å². The van der Waals surface area contributed by atoms with Crippen molar-refractivity contribution < 1.29 is 9.53 Å². The number of morpholine rings is 1. The Kier molecular flexibility index (Phi) is 1.67. The Labute approximate surface area is 83.8 Å². The summed E-state index contributed by atoms with van der Waals surface area (Å²) in [5, 5.41) is 0. The van der Waals surface area contributed by atoms with Crippen LogP contribution in [0.5, 0.6) is 0 Å². The predicted octanol–water partition coefficient (Wildman–Crippen LogP) is -0.311. The molecule has 1 amide bonds. The van der Waals surface area contributed by atoms with Crippen molar-refractivity contribution in [2.75, 3.05) is 20.1 Å². The van der Waals surface area contributed by atoms with Gasteiger partial charge in [0, 0.05) is 27.1 Å². The van der Waals surface area contributed by atoms with Gasteiger partial charge in [-0.3, -0.25) is 9.69 Å². The van der Waals surface area contributed by atoms with E-state index in [0.717, 1.165) is 19.5 Å². The smallest absolute Gasteiger partial charge is 0.219 e. The molecule has 4 heteroatoms. The first-order valence-corrected chi connectivity index (χ1v) is 5.31. The standard InChI is InChI=1S/C10H16N2O2/c1-6(13)11(2)9-8-5-12-4-3-7(14-8)10(9)12/h7-10H,3-5H2,1-2H3/t7-,8+,9+,10+/m1/s1. The molecule has 0 aromatic heterocycles. The van der Waals surface area contributed by atoms with Gasteiger partial charge in [-0.25, -0.2) is 0 Å². The fraction of sp³-hybridized carbons (Fsp3) is 0.900. The number of fused-ring (bicyclic) bond motifs is 1. The summed E-state index contributed by atoms with van der Waals surface area (Å²) in [6, 6.07) is 0.786. The molecule has 3 aliphatic rings. The number of carbonyl (C=O) groups excluding carboxylic acids is 1. The summed E-state index contributed by atoms with van der Waals surface area (Å²) in [6.45, 7) is 3.80. The third-order valence-corrected chi connectivity index (χ3v) is 3.94. The maximum Gasteiger partial charge on any atom is 0.219 e. The molecule has 3 fully saturated rings. The molecule has 4 atom stereocenters. The van der Waals surface area contributed by atoms with Crippen LogP contribution < -0.4 is 0 Å². The highest BCUT2D eigenvalue weighted by atomic mass is 16.5. The highest BCUT2D eigenvalue weighted by molar-refractivity contribution is 5.73. The van der Waals surface area contributed by atoms with Crippen LogP contribution in [0.3, 0.4) is 0 Å². The van der Waals surface area contributed by atoms with E-state index < -0.39 is 0 Å². The summed E-state index contributed by atoms with van der Waals surface area (Å²) in [5.74, 6) is 0.151. The first-order valence-electron chi connectivity index (χ1n) is 5.31. The number of hydrogen-bond donors (Lipinski definition) is 0. The molecule has 14 heavy (non-hydrogen) atoms. The molecule has 0 aromatic rings. The fourth-order valence-corrected chi connectivity index (χ4v) is 3.24. The number of likely N-dealkylation sites (N-methyl/N-ethyl adjacent to an activating group) is 1. The zero-order valence-corrected chi connectivity index (χ0v) is 8.64. The maximum atomic E-state index is 11.3. The Bertz CT molecular complexity index is 267. The SMILES string of the molecule is CC(=O)N(C)[C@@H]1[C@@H]2[C@H]3CCN2C[C@@H]1O3. The number of ether oxygens (including phenoxy) is 1. The van der Waals surface area contributed by atoms with Crippen molar-refractivity contribution in [2.24, 2.45) is 0 Å². The zero-order valence-electron chi connectivity index (χ0n) is 8.64. The van der Waals surface area contributed by atoms with E-state index >= 15 is 0 Å². The number of amides is 1. The molecule has 4 nitrogen and oxygen atoms in total. The molecule has 3 aliphatic heterocycles. The van der Waals surface area contributed by atoms with Crippen LogP contribution in [0.4, 0.5) is 0 Å². The molecule has 0 spiro atoms. The lowest BCUT2D eigenvalue weighted by Crippen LogP contribution is -2.45. The molecule has 0 aliphatic carbocycles. The summed E-state index contributed by atoms with van der Waals surface area (Å²) in [4.78, 5) is 15.7. The van der Waals surface area contributed by atoms with Crippen molar-refractivity contribution >= 4 is 5.91 Å². The minimum atomic E-state index is 0.151.